The molecule has 2 N–H and O–H groups in total. The molecular formula is C12H11F2NO. The Bertz CT molecular complexity index is 438. The van der Waals surface area contributed by atoms with Gasteiger partial charge >= 0.3 is 0 Å². The number of rotatable bonds is 4. The van der Waals surface area contributed by atoms with E-state index in [0.29, 0.717) is 6.29 Å². The molecule has 0 spiro atoms. The Hall–Kier alpha value is -1.97. The third-order valence-corrected chi connectivity index (χ3v) is 1.91. The second-order valence-electron chi connectivity index (χ2n) is 3.09. The van der Waals surface area contributed by atoms with Crippen molar-refractivity contribution in [3.05, 3.63) is 53.6 Å². The second-order valence-corrected chi connectivity index (χ2v) is 3.09. The zero-order chi connectivity index (χ0) is 12.0. The van der Waals surface area contributed by atoms with Crippen LogP contribution in [0.3, 0.4) is 0 Å². The summed E-state index contributed by atoms with van der Waals surface area (Å²) in [5, 5.41) is 0. The number of aldehydes is 1. The standard InChI is InChI=1S/C12H11F2NO/c13-9(7-8-16)5-6-12(15)10-3-1-2-4-11(10)14/h1-6,8H,7,15H2/b9-5+,12-6-. The van der Waals surface area contributed by atoms with E-state index in [1.54, 1.807) is 6.07 Å². The number of carbonyl (C=O) groups is 1. The Morgan fingerprint density at radius 2 is 2.00 bits per heavy atom. The fourth-order valence-electron chi connectivity index (χ4n) is 1.11. The molecule has 0 aromatic heterocycles. The number of carbonyl (C=O) groups excluding carboxylic acids is 1. The number of halogens is 2. The van der Waals surface area contributed by atoms with Gasteiger partial charge < -0.3 is 10.5 Å². The van der Waals surface area contributed by atoms with Gasteiger partial charge in [-0.25, -0.2) is 8.78 Å². The minimum Gasteiger partial charge on any atom is -0.398 e. The van der Waals surface area contributed by atoms with Crippen molar-refractivity contribution in [2.75, 3.05) is 0 Å². The Morgan fingerprint density at radius 3 is 2.62 bits per heavy atom. The quantitative estimate of drug-likeness (QED) is 0.629. The average Bonchev–Trinajstić information content (AvgIpc) is 2.27. The van der Waals surface area contributed by atoms with Crippen molar-refractivity contribution < 1.29 is 13.6 Å². The van der Waals surface area contributed by atoms with Crippen LogP contribution < -0.4 is 5.73 Å². The zero-order valence-corrected chi connectivity index (χ0v) is 8.49. The molecule has 0 heterocycles. The van der Waals surface area contributed by atoms with Crippen LogP contribution in [-0.2, 0) is 4.79 Å². The predicted octanol–water partition coefficient (Wildman–Crippen LogP) is 2.57. The lowest BCUT2D eigenvalue weighted by molar-refractivity contribution is -0.107. The van der Waals surface area contributed by atoms with E-state index in [0.717, 1.165) is 6.08 Å². The number of nitrogens with two attached hydrogens (primary N) is 1. The van der Waals surface area contributed by atoms with E-state index in [1.807, 2.05) is 0 Å². The molecule has 0 saturated heterocycles. The molecular weight excluding hydrogens is 212 g/mol. The molecule has 1 aromatic rings. The van der Waals surface area contributed by atoms with Crippen molar-refractivity contribution in [3.63, 3.8) is 0 Å². The van der Waals surface area contributed by atoms with E-state index < -0.39 is 11.6 Å². The van der Waals surface area contributed by atoms with Gasteiger partial charge in [0.05, 0.1) is 6.42 Å². The van der Waals surface area contributed by atoms with Crippen molar-refractivity contribution in [3.8, 4) is 0 Å². The van der Waals surface area contributed by atoms with Gasteiger partial charge in [0.25, 0.3) is 0 Å². The second kappa shape index (κ2) is 5.80. The smallest absolute Gasteiger partial charge is 0.132 e. The average molecular weight is 223 g/mol. The van der Waals surface area contributed by atoms with Crippen LogP contribution >= 0.6 is 0 Å². The Kier molecular flexibility index (Phi) is 4.39. The van der Waals surface area contributed by atoms with Crippen LogP contribution in [0.4, 0.5) is 8.78 Å². The van der Waals surface area contributed by atoms with Crippen molar-refractivity contribution in [2.24, 2.45) is 5.73 Å². The van der Waals surface area contributed by atoms with Gasteiger partial charge in [-0.2, -0.15) is 0 Å². The Labute approximate surface area is 92.1 Å². The highest BCUT2D eigenvalue weighted by atomic mass is 19.1. The van der Waals surface area contributed by atoms with Gasteiger partial charge in [0.2, 0.25) is 0 Å². The zero-order valence-electron chi connectivity index (χ0n) is 8.49. The lowest BCUT2D eigenvalue weighted by atomic mass is 10.1. The van der Waals surface area contributed by atoms with Crippen LogP contribution in [0.2, 0.25) is 0 Å². The molecule has 1 rings (SSSR count). The fraction of sp³-hybridized carbons (Fsp3) is 0.0833. The van der Waals surface area contributed by atoms with Crippen LogP contribution in [-0.4, -0.2) is 6.29 Å². The van der Waals surface area contributed by atoms with Gasteiger partial charge in [-0.15, -0.1) is 0 Å². The SMILES string of the molecule is N/C(=C\C=C(\F)CC=O)c1ccccc1F. The number of hydrogen-bond donors (Lipinski definition) is 1. The molecule has 2 nitrogen and oxygen atoms in total. The van der Waals surface area contributed by atoms with Crippen LogP contribution in [0, 0.1) is 5.82 Å². The van der Waals surface area contributed by atoms with E-state index in [-0.39, 0.29) is 17.7 Å². The summed E-state index contributed by atoms with van der Waals surface area (Å²) in [4.78, 5) is 9.99. The summed E-state index contributed by atoms with van der Waals surface area (Å²) in [6, 6.07) is 5.92. The monoisotopic (exact) mass is 223 g/mol. The fourth-order valence-corrected chi connectivity index (χ4v) is 1.11. The maximum absolute atomic E-state index is 13.2. The highest BCUT2D eigenvalue weighted by molar-refractivity contribution is 5.65. The summed E-state index contributed by atoms with van der Waals surface area (Å²) >= 11 is 0. The topological polar surface area (TPSA) is 43.1 Å². The summed E-state index contributed by atoms with van der Waals surface area (Å²) in [6.07, 6.45) is 2.42. The summed E-state index contributed by atoms with van der Waals surface area (Å²) < 4.78 is 26.0. The molecule has 0 unspecified atom stereocenters. The minimum absolute atomic E-state index is 0.110. The number of allylic oxidation sites excluding steroid dienone is 3. The van der Waals surface area contributed by atoms with E-state index in [4.69, 9.17) is 5.73 Å². The van der Waals surface area contributed by atoms with Crippen LogP contribution in [0.15, 0.2) is 42.2 Å². The van der Waals surface area contributed by atoms with E-state index in [9.17, 15) is 13.6 Å². The molecule has 0 aliphatic heterocycles. The maximum Gasteiger partial charge on any atom is 0.132 e. The highest BCUT2D eigenvalue weighted by Crippen LogP contribution is 2.14. The lowest BCUT2D eigenvalue weighted by Crippen LogP contribution is -1.98. The Balaban J connectivity index is 2.90. The summed E-state index contributed by atoms with van der Waals surface area (Å²) in [6.45, 7) is 0. The maximum atomic E-state index is 13.2. The van der Waals surface area contributed by atoms with Gasteiger partial charge in [0, 0.05) is 11.3 Å². The first-order valence-electron chi connectivity index (χ1n) is 4.65. The number of benzene rings is 1. The molecule has 0 aliphatic rings. The molecule has 0 radical (unpaired) electrons. The van der Waals surface area contributed by atoms with Gasteiger partial charge in [-0.05, 0) is 24.3 Å². The molecule has 0 amide bonds. The van der Waals surface area contributed by atoms with Crippen molar-refractivity contribution in [1.29, 1.82) is 0 Å². The van der Waals surface area contributed by atoms with E-state index in [1.165, 1.54) is 24.3 Å². The van der Waals surface area contributed by atoms with Crippen molar-refractivity contribution in [1.82, 2.24) is 0 Å². The molecule has 0 aliphatic carbocycles. The molecule has 0 saturated carbocycles. The molecule has 1 aromatic carbocycles. The van der Waals surface area contributed by atoms with Gasteiger partial charge in [0.1, 0.15) is 17.9 Å². The predicted molar refractivity (Wildman–Crippen MR) is 58.4 cm³/mol. The van der Waals surface area contributed by atoms with Gasteiger partial charge in [0.15, 0.2) is 0 Å². The van der Waals surface area contributed by atoms with Crippen molar-refractivity contribution >= 4 is 12.0 Å². The number of hydrogen-bond acceptors (Lipinski definition) is 2. The molecule has 4 heteroatoms. The van der Waals surface area contributed by atoms with Crippen LogP contribution in [0.5, 0.6) is 0 Å². The van der Waals surface area contributed by atoms with Gasteiger partial charge in [-0.1, -0.05) is 12.1 Å². The molecule has 0 fully saturated rings. The Morgan fingerprint density at radius 1 is 1.31 bits per heavy atom. The summed E-state index contributed by atoms with van der Waals surface area (Å²) in [5.41, 5.74) is 5.88. The third-order valence-electron chi connectivity index (χ3n) is 1.91. The summed E-state index contributed by atoms with van der Waals surface area (Å²) in [7, 11) is 0. The molecule has 84 valence electrons. The normalized spacial score (nSPS) is 12.6. The van der Waals surface area contributed by atoms with Crippen LogP contribution in [0.1, 0.15) is 12.0 Å². The van der Waals surface area contributed by atoms with Crippen molar-refractivity contribution in [2.45, 2.75) is 6.42 Å². The largest absolute Gasteiger partial charge is 0.398 e. The molecule has 0 bridgehead atoms. The van der Waals surface area contributed by atoms with Crippen LogP contribution in [0.25, 0.3) is 5.70 Å². The van der Waals surface area contributed by atoms with Gasteiger partial charge in [-0.3, -0.25) is 0 Å². The third kappa shape index (κ3) is 3.31. The minimum atomic E-state index is -0.616. The molecule has 0 atom stereocenters. The van der Waals surface area contributed by atoms with E-state index >= 15 is 0 Å². The first kappa shape index (κ1) is 12.1. The summed E-state index contributed by atoms with van der Waals surface area (Å²) in [5.74, 6) is -1.09. The first-order chi connectivity index (χ1) is 7.65. The highest BCUT2D eigenvalue weighted by Gasteiger charge is 2.02. The van der Waals surface area contributed by atoms with E-state index in [2.05, 4.69) is 0 Å². The first-order valence-corrected chi connectivity index (χ1v) is 4.65. The lowest BCUT2D eigenvalue weighted by Gasteiger charge is -2.01. The molecule has 16 heavy (non-hydrogen) atoms.